The number of anilines is 1. The van der Waals surface area contributed by atoms with Crippen molar-refractivity contribution in [3.8, 4) is 5.75 Å². The van der Waals surface area contributed by atoms with E-state index in [-0.39, 0.29) is 24.8 Å². The van der Waals surface area contributed by atoms with Crippen LogP contribution >= 0.6 is 35.6 Å². The maximum Gasteiger partial charge on any atom is 0.166 e. The Balaban J connectivity index is 0.00000361. The predicted molar refractivity (Wildman–Crippen MR) is 149 cm³/mol. The standard InChI is InChI=1S/C28H30Cl2N2O3.ClH/c29-25-12-11-22(18-26(25)30)32-16-14-31(15-17-32)19-23(33)20-35-28-9-5-4-8-24(28)27(34)13-10-21-6-2-1-3-7-21;/h1-9,11-12,18,23,33H,10,13-17,19-20H2;1H. The van der Waals surface area contributed by atoms with Crippen LogP contribution in [0.2, 0.25) is 10.0 Å². The zero-order chi connectivity index (χ0) is 24.6. The van der Waals surface area contributed by atoms with Crippen molar-refractivity contribution in [3.63, 3.8) is 0 Å². The molecule has 0 saturated carbocycles. The fraction of sp³-hybridized carbons (Fsp3) is 0.321. The molecule has 1 atom stereocenters. The predicted octanol–water partition coefficient (Wildman–Crippen LogP) is 5.79. The van der Waals surface area contributed by atoms with Crippen LogP contribution in [0.4, 0.5) is 5.69 Å². The topological polar surface area (TPSA) is 53.0 Å². The number of rotatable bonds is 10. The Morgan fingerprint density at radius 2 is 1.61 bits per heavy atom. The molecule has 1 aliphatic heterocycles. The number of halogens is 3. The van der Waals surface area contributed by atoms with E-state index in [2.05, 4.69) is 9.80 Å². The van der Waals surface area contributed by atoms with Crippen LogP contribution in [-0.2, 0) is 6.42 Å². The van der Waals surface area contributed by atoms with E-state index in [0.29, 0.717) is 40.7 Å². The molecule has 3 aromatic carbocycles. The molecule has 192 valence electrons. The second-order valence-electron chi connectivity index (χ2n) is 8.76. The van der Waals surface area contributed by atoms with Gasteiger partial charge in [-0.2, -0.15) is 0 Å². The third-order valence-electron chi connectivity index (χ3n) is 6.21. The number of ketones is 1. The molecule has 1 heterocycles. The number of carbonyl (C=O) groups is 1. The van der Waals surface area contributed by atoms with Crippen LogP contribution in [0.5, 0.6) is 5.75 Å². The molecule has 1 saturated heterocycles. The number of β-amino-alcohol motifs (C(OH)–C–C–N with tert-alkyl or cyclic N) is 1. The molecule has 1 unspecified atom stereocenters. The zero-order valence-electron chi connectivity index (χ0n) is 20.0. The highest BCUT2D eigenvalue weighted by molar-refractivity contribution is 6.42. The summed E-state index contributed by atoms with van der Waals surface area (Å²) in [6.45, 7) is 3.97. The Labute approximate surface area is 229 Å². The first kappa shape index (κ1) is 28.3. The highest BCUT2D eigenvalue weighted by Crippen LogP contribution is 2.28. The molecule has 36 heavy (non-hydrogen) atoms. The van der Waals surface area contributed by atoms with Gasteiger partial charge in [0, 0.05) is 44.8 Å². The fourth-order valence-corrected chi connectivity index (χ4v) is 4.56. The van der Waals surface area contributed by atoms with Crippen molar-refractivity contribution in [2.24, 2.45) is 0 Å². The molecule has 8 heteroatoms. The summed E-state index contributed by atoms with van der Waals surface area (Å²) in [5, 5.41) is 11.7. The first-order chi connectivity index (χ1) is 17.0. The Morgan fingerprint density at radius 1 is 0.917 bits per heavy atom. The molecule has 0 bridgehead atoms. The average molecular weight is 550 g/mol. The van der Waals surface area contributed by atoms with Gasteiger partial charge in [0.2, 0.25) is 0 Å². The van der Waals surface area contributed by atoms with Gasteiger partial charge in [0.25, 0.3) is 0 Å². The Bertz CT molecular complexity index is 1120. The van der Waals surface area contributed by atoms with Gasteiger partial charge in [0.05, 0.1) is 15.6 Å². The molecule has 0 amide bonds. The van der Waals surface area contributed by atoms with Crippen molar-refractivity contribution < 1.29 is 14.6 Å². The van der Waals surface area contributed by atoms with Crippen molar-refractivity contribution in [1.82, 2.24) is 4.90 Å². The molecule has 1 aliphatic rings. The van der Waals surface area contributed by atoms with Crippen LogP contribution in [-0.4, -0.2) is 61.2 Å². The zero-order valence-corrected chi connectivity index (χ0v) is 22.3. The number of hydrogen-bond acceptors (Lipinski definition) is 5. The molecule has 1 fully saturated rings. The van der Waals surface area contributed by atoms with Gasteiger partial charge in [0.1, 0.15) is 18.5 Å². The van der Waals surface area contributed by atoms with Gasteiger partial charge in [-0.3, -0.25) is 9.69 Å². The number of para-hydroxylation sites is 1. The van der Waals surface area contributed by atoms with Crippen molar-refractivity contribution >= 4 is 47.1 Å². The SMILES string of the molecule is Cl.O=C(CCc1ccccc1)c1ccccc1OCC(O)CN1CCN(c2ccc(Cl)c(Cl)c2)CC1. The summed E-state index contributed by atoms with van der Waals surface area (Å²) in [7, 11) is 0. The molecule has 0 aromatic heterocycles. The van der Waals surface area contributed by atoms with Crippen LogP contribution in [0.15, 0.2) is 72.8 Å². The number of benzene rings is 3. The lowest BCUT2D eigenvalue weighted by Gasteiger charge is -2.37. The minimum absolute atomic E-state index is 0. The quantitative estimate of drug-likeness (QED) is 0.324. The van der Waals surface area contributed by atoms with Gasteiger partial charge in [-0.25, -0.2) is 0 Å². The minimum atomic E-state index is -0.654. The maximum atomic E-state index is 12.8. The van der Waals surface area contributed by atoms with Gasteiger partial charge < -0.3 is 14.7 Å². The van der Waals surface area contributed by atoms with E-state index in [4.69, 9.17) is 27.9 Å². The van der Waals surface area contributed by atoms with E-state index in [1.54, 1.807) is 12.1 Å². The lowest BCUT2D eigenvalue weighted by molar-refractivity contribution is 0.0655. The van der Waals surface area contributed by atoms with Gasteiger partial charge >= 0.3 is 0 Å². The number of piperazine rings is 1. The average Bonchev–Trinajstić information content (AvgIpc) is 2.89. The molecule has 3 aromatic rings. The minimum Gasteiger partial charge on any atom is -0.490 e. The smallest absolute Gasteiger partial charge is 0.166 e. The number of aryl methyl sites for hydroxylation is 1. The summed E-state index contributed by atoms with van der Waals surface area (Å²) in [6.07, 6.45) is 0.444. The maximum absolute atomic E-state index is 12.8. The Hall–Kier alpha value is -2.28. The van der Waals surface area contributed by atoms with Crippen LogP contribution in [0.3, 0.4) is 0 Å². The second kappa shape index (κ2) is 13.9. The molecule has 1 N–H and O–H groups in total. The van der Waals surface area contributed by atoms with Gasteiger partial charge in [-0.05, 0) is 42.3 Å². The summed E-state index contributed by atoms with van der Waals surface area (Å²) >= 11 is 12.2. The van der Waals surface area contributed by atoms with E-state index >= 15 is 0 Å². The molecular formula is C28H31Cl3N2O3. The van der Waals surface area contributed by atoms with Crippen LogP contribution in [0, 0.1) is 0 Å². The van der Waals surface area contributed by atoms with E-state index < -0.39 is 6.10 Å². The number of carbonyl (C=O) groups excluding carboxylic acids is 1. The number of hydrogen-bond donors (Lipinski definition) is 1. The van der Waals surface area contributed by atoms with E-state index in [1.807, 2.05) is 60.7 Å². The van der Waals surface area contributed by atoms with Crippen molar-refractivity contribution in [2.75, 3.05) is 44.2 Å². The van der Waals surface area contributed by atoms with Crippen molar-refractivity contribution in [1.29, 1.82) is 0 Å². The Kier molecular flexibility index (Phi) is 10.9. The summed E-state index contributed by atoms with van der Waals surface area (Å²) in [6, 6.07) is 22.9. The van der Waals surface area contributed by atoms with E-state index in [1.165, 1.54) is 0 Å². The molecule has 5 nitrogen and oxygen atoms in total. The van der Waals surface area contributed by atoms with E-state index in [9.17, 15) is 9.90 Å². The first-order valence-corrected chi connectivity index (χ1v) is 12.6. The molecular weight excluding hydrogens is 519 g/mol. The third-order valence-corrected chi connectivity index (χ3v) is 6.95. The number of aliphatic hydroxyl groups is 1. The fourth-order valence-electron chi connectivity index (χ4n) is 4.27. The number of Topliss-reactive ketones (excluding diaryl/α,β-unsaturated/α-hetero) is 1. The van der Waals surface area contributed by atoms with E-state index in [0.717, 1.165) is 37.4 Å². The largest absolute Gasteiger partial charge is 0.490 e. The number of nitrogens with zero attached hydrogens (tertiary/aromatic N) is 2. The first-order valence-electron chi connectivity index (χ1n) is 11.9. The van der Waals surface area contributed by atoms with Gasteiger partial charge in [-0.15, -0.1) is 12.4 Å². The highest BCUT2D eigenvalue weighted by atomic mass is 35.5. The van der Waals surface area contributed by atoms with Crippen LogP contribution in [0.25, 0.3) is 0 Å². The summed E-state index contributed by atoms with van der Waals surface area (Å²) in [4.78, 5) is 17.3. The summed E-state index contributed by atoms with van der Waals surface area (Å²) in [5.41, 5.74) is 2.75. The molecule has 0 radical (unpaired) electrons. The molecule has 0 aliphatic carbocycles. The number of ether oxygens (including phenoxy) is 1. The van der Waals surface area contributed by atoms with Crippen LogP contribution < -0.4 is 9.64 Å². The third kappa shape index (κ3) is 7.86. The lowest BCUT2D eigenvalue weighted by Crippen LogP contribution is -2.49. The van der Waals surface area contributed by atoms with Crippen molar-refractivity contribution in [3.05, 3.63) is 94.0 Å². The lowest BCUT2D eigenvalue weighted by atomic mass is 10.0. The van der Waals surface area contributed by atoms with Gasteiger partial charge in [0.15, 0.2) is 5.78 Å². The molecule has 0 spiro atoms. The Morgan fingerprint density at radius 3 is 2.33 bits per heavy atom. The van der Waals surface area contributed by atoms with Gasteiger partial charge in [-0.1, -0.05) is 65.7 Å². The normalized spacial score (nSPS) is 14.7. The summed E-state index contributed by atoms with van der Waals surface area (Å²) in [5.74, 6) is 0.561. The van der Waals surface area contributed by atoms with Crippen molar-refractivity contribution in [2.45, 2.75) is 18.9 Å². The monoisotopic (exact) mass is 548 g/mol. The molecule has 4 rings (SSSR count). The second-order valence-corrected chi connectivity index (χ2v) is 9.57. The van der Waals surface area contributed by atoms with Crippen LogP contribution in [0.1, 0.15) is 22.3 Å². The number of aliphatic hydroxyl groups excluding tert-OH is 1. The summed E-state index contributed by atoms with van der Waals surface area (Å²) < 4.78 is 5.89. The highest BCUT2D eigenvalue weighted by Gasteiger charge is 2.21.